The van der Waals surface area contributed by atoms with Crippen molar-refractivity contribution >= 4 is 50.8 Å². The summed E-state index contributed by atoms with van der Waals surface area (Å²) in [5.41, 5.74) is 5.37. The third-order valence-electron chi connectivity index (χ3n) is 7.67. The van der Waals surface area contributed by atoms with Crippen molar-refractivity contribution in [3.63, 3.8) is 0 Å². The standard InChI is InChI=1S/C29H33BrN4O2S2/c1-18(2)33-28(35)25-17-23-22-16-20(30)6-9-24(22)31-26(23)27(34(25)29(33)37)19-4-7-21(8-5-19)36-13-3-10-32-11-14-38-15-12-32/h4-9,16,18,27,31,35H,3,10-15,17H2,1-2H3. The van der Waals surface area contributed by atoms with Crippen molar-refractivity contribution in [2.24, 2.45) is 0 Å². The van der Waals surface area contributed by atoms with Crippen LogP contribution in [0.1, 0.15) is 54.9 Å². The molecule has 0 aliphatic carbocycles. The Morgan fingerprint density at radius 2 is 1.92 bits per heavy atom. The molecule has 2 aromatic heterocycles. The fourth-order valence-electron chi connectivity index (χ4n) is 5.79. The number of rotatable bonds is 7. The molecule has 1 fully saturated rings. The zero-order chi connectivity index (χ0) is 26.4. The second kappa shape index (κ2) is 10.8. The van der Waals surface area contributed by atoms with Crippen LogP contribution in [0.15, 0.2) is 46.9 Å². The number of hydrogen-bond acceptors (Lipinski definition) is 5. The summed E-state index contributed by atoms with van der Waals surface area (Å²) in [6.07, 6.45) is 1.65. The Hall–Kier alpha value is -2.20. The Balaban J connectivity index is 1.32. The summed E-state index contributed by atoms with van der Waals surface area (Å²) in [7, 11) is 0. The summed E-state index contributed by atoms with van der Waals surface area (Å²) >= 11 is 11.6. The lowest BCUT2D eigenvalue weighted by atomic mass is 9.93. The van der Waals surface area contributed by atoms with Crippen molar-refractivity contribution in [2.45, 2.75) is 38.8 Å². The Morgan fingerprint density at radius 3 is 2.66 bits per heavy atom. The fourth-order valence-corrected chi connectivity index (χ4v) is 7.64. The molecule has 1 saturated heterocycles. The number of nitrogens with zero attached hydrogens (tertiary/aromatic N) is 3. The first-order chi connectivity index (χ1) is 18.4. The first-order valence-electron chi connectivity index (χ1n) is 13.3. The number of ether oxygens (including phenoxy) is 1. The van der Waals surface area contributed by atoms with E-state index < -0.39 is 0 Å². The minimum atomic E-state index is -0.163. The normalized spacial score (nSPS) is 17.6. The molecule has 1 atom stereocenters. The number of H-pyrrole nitrogens is 1. The van der Waals surface area contributed by atoms with Gasteiger partial charge in [-0.2, -0.15) is 11.8 Å². The molecular weight excluding hydrogens is 580 g/mol. The van der Waals surface area contributed by atoms with Gasteiger partial charge < -0.3 is 24.3 Å². The van der Waals surface area contributed by atoms with Crippen LogP contribution in [0, 0.1) is 4.77 Å². The molecule has 2 aliphatic heterocycles. The minimum Gasteiger partial charge on any atom is -0.494 e. The van der Waals surface area contributed by atoms with Crippen LogP contribution in [0.2, 0.25) is 0 Å². The van der Waals surface area contributed by atoms with Crippen LogP contribution in [-0.2, 0) is 6.42 Å². The average Bonchev–Trinajstić information content (AvgIpc) is 3.40. The van der Waals surface area contributed by atoms with Crippen LogP contribution in [0.5, 0.6) is 11.6 Å². The molecule has 2 aromatic carbocycles. The van der Waals surface area contributed by atoms with Crippen molar-refractivity contribution in [2.75, 3.05) is 37.7 Å². The van der Waals surface area contributed by atoms with E-state index in [0.29, 0.717) is 17.8 Å². The van der Waals surface area contributed by atoms with Crippen molar-refractivity contribution in [1.29, 1.82) is 0 Å². The molecule has 0 radical (unpaired) electrons. The summed E-state index contributed by atoms with van der Waals surface area (Å²) in [5, 5.41) is 12.4. The van der Waals surface area contributed by atoms with Crippen molar-refractivity contribution in [3.05, 3.63) is 74.2 Å². The van der Waals surface area contributed by atoms with Gasteiger partial charge >= 0.3 is 0 Å². The first kappa shape index (κ1) is 26.0. The number of halogens is 1. The van der Waals surface area contributed by atoms with E-state index in [-0.39, 0.29) is 18.0 Å². The molecule has 38 heavy (non-hydrogen) atoms. The van der Waals surface area contributed by atoms with Gasteiger partial charge in [0.15, 0.2) is 4.77 Å². The van der Waals surface area contributed by atoms with Crippen molar-refractivity contribution in [3.8, 4) is 11.6 Å². The third kappa shape index (κ3) is 4.72. The zero-order valence-corrected chi connectivity index (χ0v) is 25.0. The molecule has 6 nitrogen and oxygen atoms in total. The molecule has 0 amide bonds. The lowest BCUT2D eigenvalue weighted by molar-refractivity contribution is 0.248. The summed E-state index contributed by atoms with van der Waals surface area (Å²) < 4.78 is 11.8. The number of imidazole rings is 1. The number of fused-ring (bicyclic) bond motifs is 4. The molecule has 0 spiro atoms. The van der Waals surface area contributed by atoms with Crippen LogP contribution >= 0.6 is 39.9 Å². The van der Waals surface area contributed by atoms with Gasteiger partial charge in [0.2, 0.25) is 5.88 Å². The number of aromatic hydroxyl groups is 1. The van der Waals surface area contributed by atoms with Gasteiger partial charge in [0.25, 0.3) is 0 Å². The maximum atomic E-state index is 11.3. The van der Waals surface area contributed by atoms with E-state index in [9.17, 15) is 5.11 Å². The van der Waals surface area contributed by atoms with E-state index in [4.69, 9.17) is 17.0 Å². The lowest BCUT2D eigenvalue weighted by Gasteiger charge is -2.27. The smallest absolute Gasteiger partial charge is 0.214 e. The lowest BCUT2D eigenvalue weighted by Crippen LogP contribution is -2.33. The first-order valence-corrected chi connectivity index (χ1v) is 15.7. The maximum absolute atomic E-state index is 11.3. The predicted molar refractivity (Wildman–Crippen MR) is 162 cm³/mol. The highest BCUT2D eigenvalue weighted by atomic mass is 79.9. The topological polar surface area (TPSA) is 58.4 Å². The summed E-state index contributed by atoms with van der Waals surface area (Å²) in [5.74, 6) is 3.62. The minimum absolute atomic E-state index is 0.0601. The average molecular weight is 614 g/mol. The van der Waals surface area contributed by atoms with Crippen LogP contribution in [0.25, 0.3) is 10.9 Å². The van der Waals surface area contributed by atoms with E-state index in [0.717, 1.165) is 45.7 Å². The molecule has 2 aliphatic rings. The second-order valence-electron chi connectivity index (χ2n) is 10.4. The summed E-state index contributed by atoms with van der Waals surface area (Å²) in [4.78, 5) is 6.22. The highest BCUT2D eigenvalue weighted by Gasteiger charge is 2.34. The molecule has 6 rings (SSSR count). The van der Waals surface area contributed by atoms with Crippen LogP contribution in [0.4, 0.5) is 0 Å². The van der Waals surface area contributed by atoms with E-state index in [1.54, 1.807) is 0 Å². The van der Waals surface area contributed by atoms with E-state index >= 15 is 0 Å². The molecular formula is C29H33BrN4O2S2. The van der Waals surface area contributed by atoms with Crippen molar-refractivity contribution < 1.29 is 9.84 Å². The molecule has 1 unspecified atom stereocenters. The third-order valence-corrected chi connectivity index (χ3v) is 9.50. The molecule has 0 saturated carbocycles. The largest absolute Gasteiger partial charge is 0.494 e. The van der Waals surface area contributed by atoms with E-state index in [2.05, 4.69) is 86.7 Å². The molecule has 200 valence electrons. The van der Waals surface area contributed by atoms with Crippen LogP contribution in [0.3, 0.4) is 0 Å². The van der Waals surface area contributed by atoms with Crippen molar-refractivity contribution in [1.82, 2.24) is 19.0 Å². The van der Waals surface area contributed by atoms with Gasteiger partial charge in [-0.3, -0.25) is 4.57 Å². The summed E-state index contributed by atoms with van der Waals surface area (Å²) in [6.45, 7) is 8.29. The SMILES string of the molecule is CC(C)n1c(O)c2n(c1=S)C(c1ccc(OCCCN3CCSCC3)cc1)c1[nH]c3ccc(Br)cc3c1C2. The molecule has 0 bridgehead atoms. The number of benzene rings is 2. The number of hydrogen-bond donors (Lipinski definition) is 2. The van der Waals surface area contributed by atoms with Gasteiger partial charge in [0.05, 0.1) is 12.3 Å². The van der Waals surface area contributed by atoms with Gasteiger partial charge in [0.1, 0.15) is 11.8 Å². The van der Waals surface area contributed by atoms with Gasteiger partial charge in [-0.1, -0.05) is 28.1 Å². The molecule has 9 heteroatoms. The fraction of sp³-hybridized carbons (Fsp3) is 0.414. The molecule has 2 N–H and O–H groups in total. The zero-order valence-electron chi connectivity index (χ0n) is 21.7. The van der Waals surface area contributed by atoms with E-state index in [1.807, 2.05) is 16.3 Å². The highest BCUT2D eigenvalue weighted by Crippen LogP contribution is 2.44. The van der Waals surface area contributed by atoms with Crippen LogP contribution in [-0.4, -0.2) is 61.9 Å². The Bertz CT molecular complexity index is 1520. The monoisotopic (exact) mass is 612 g/mol. The number of thioether (sulfide) groups is 1. The number of aromatic amines is 1. The number of aromatic nitrogens is 3. The Kier molecular flexibility index (Phi) is 7.37. The predicted octanol–water partition coefficient (Wildman–Crippen LogP) is 6.91. The molecule has 4 aromatic rings. The second-order valence-corrected chi connectivity index (χ2v) is 12.9. The van der Waals surface area contributed by atoms with Gasteiger partial charge in [0, 0.05) is 64.7 Å². The quantitative estimate of drug-likeness (QED) is 0.154. The highest BCUT2D eigenvalue weighted by molar-refractivity contribution is 9.10. The Labute approximate surface area is 241 Å². The number of nitrogens with one attached hydrogen (secondary N) is 1. The van der Waals surface area contributed by atoms with Gasteiger partial charge in [-0.05, 0) is 73.9 Å². The Morgan fingerprint density at radius 1 is 1.16 bits per heavy atom. The van der Waals surface area contributed by atoms with Crippen LogP contribution < -0.4 is 4.74 Å². The van der Waals surface area contributed by atoms with E-state index in [1.165, 1.54) is 35.5 Å². The van der Waals surface area contributed by atoms with Gasteiger partial charge in [-0.15, -0.1) is 0 Å². The molecule has 4 heterocycles. The van der Waals surface area contributed by atoms with Gasteiger partial charge in [-0.25, -0.2) is 0 Å². The summed E-state index contributed by atoms with van der Waals surface area (Å²) in [6, 6.07) is 14.6. The maximum Gasteiger partial charge on any atom is 0.214 e.